The van der Waals surface area contributed by atoms with E-state index >= 15 is 0 Å². The number of hydrogen-bond acceptors (Lipinski definition) is 3. The number of fused-ring (bicyclic) bond motifs is 1. The molecule has 3 rings (SSSR count). The summed E-state index contributed by atoms with van der Waals surface area (Å²) in [5.74, 6) is 1.43. The molecule has 0 aliphatic carbocycles. The molecule has 2 unspecified atom stereocenters. The fourth-order valence-corrected chi connectivity index (χ4v) is 3.89. The van der Waals surface area contributed by atoms with E-state index in [1.807, 2.05) is 41.3 Å². The molecule has 0 saturated carbocycles. The van der Waals surface area contributed by atoms with E-state index in [4.69, 9.17) is 4.74 Å². The third-order valence-electron chi connectivity index (χ3n) is 5.59. The molecule has 4 heteroatoms. The maximum atomic E-state index is 13.5. The second kappa shape index (κ2) is 8.26. The highest BCUT2D eigenvalue weighted by Gasteiger charge is 2.46. The Morgan fingerprint density at radius 2 is 1.71 bits per heavy atom. The van der Waals surface area contributed by atoms with Crippen LogP contribution in [0.15, 0.2) is 48.5 Å². The zero-order valence-electron chi connectivity index (χ0n) is 17.7. The first kappa shape index (κ1) is 20.2. The summed E-state index contributed by atoms with van der Waals surface area (Å²) < 4.78 is 5.85. The van der Waals surface area contributed by atoms with E-state index in [2.05, 4.69) is 52.1 Å². The SMILES string of the molecule is CCC(C)N1C(=O)c2ccccc2NC1(CC)c1ccc(OCC(C)C)cc1. The Morgan fingerprint density at radius 3 is 2.32 bits per heavy atom. The van der Waals surface area contributed by atoms with Crippen molar-refractivity contribution >= 4 is 11.6 Å². The van der Waals surface area contributed by atoms with Gasteiger partial charge < -0.3 is 15.0 Å². The molecule has 0 aromatic heterocycles. The van der Waals surface area contributed by atoms with E-state index in [0.29, 0.717) is 12.5 Å². The fraction of sp³-hybridized carbons (Fsp3) is 0.458. The number of carbonyl (C=O) groups is 1. The highest BCUT2D eigenvalue weighted by Crippen LogP contribution is 2.42. The average Bonchev–Trinajstić information content (AvgIpc) is 2.72. The average molecular weight is 381 g/mol. The summed E-state index contributed by atoms with van der Waals surface area (Å²) >= 11 is 0. The van der Waals surface area contributed by atoms with Crippen LogP contribution in [-0.4, -0.2) is 23.5 Å². The molecule has 0 fully saturated rings. The summed E-state index contributed by atoms with van der Waals surface area (Å²) in [6.07, 6.45) is 1.66. The summed E-state index contributed by atoms with van der Waals surface area (Å²) in [7, 11) is 0. The van der Waals surface area contributed by atoms with Gasteiger partial charge in [-0.15, -0.1) is 0 Å². The van der Waals surface area contributed by atoms with Gasteiger partial charge in [-0.2, -0.15) is 0 Å². The number of carbonyl (C=O) groups excluding carboxylic acids is 1. The number of para-hydroxylation sites is 1. The van der Waals surface area contributed by atoms with Crippen molar-refractivity contribution in [3.8, 4) is 5.75 Å². The van der Waals surface area contributed by atoms with Crippen LogP contribution in [0.1, 0.15) is 63.4 Å². The van der Waals surface area contributed by atoms with Crippen molar-refractivity contribution in [1.82, 2.24) is 4.90 Å². The molecule has 1 N–H and O–H groups in total. The minimum Gasteiger partial charge on any atom is -0.493 e. The zero-order valence-corrected chi connectivity index (χ0v) is 17.7. The third-order valence-corrected chi connectivity index (χ3v) is 5.59. The lowest BCUT2D eigenvalue weighted by Gasteiger charge is -2.51. The van der Waals surface area contributed by atoms with Crippen LogP contribution < -0.4 is 10.1 Å². The molecule has 0 radical (unpaired) electrons. The molecule has 2 atom stereocenters. The number of ether oxygens (including phenoxy) is 1. The predicted molar refractivity (Wildman–Crippen MR) is 115 cm³/mol. The van der Waals surface area contributed by atoms with Crippen LogP contribution in [0.4, 0.5) is 5.69 Å². The lowest BCUT2D eigenvalue weighted by Crippen LogP contribution is -2.60. The van der Waals surface area contributed by atoms with Crippen LogP contribution in [-0.2, 0) is 5.66 Å². The number of anilines is 1. The van der Waals surface area contributed by atoms with E-state index in [9.17, 15) is 4.79 Å². The standard InChI is InChI=1S/C24H32N2O2/c1-6-18(5)26-23(27)21-10-8-9-11-22(21)25-24(26,7-2)19-12-14-20(15-13-19)28-16-17(3)4/h8-15,17-18,25H,6-7,16H2,1-5H3. The first-order valence-corrected chi connectivity index (χ1v) is 10.4. The Balaban J connectivity index is 2.04. The van der Waals surface area contributed by atoms with Crippen molar-refractivity contribution in [2.75, 3.05) is 11.9 Å². The molecule has 2 aromatic rings. The Labute approximate surface area is 168 Å². The molecule has 2 aromatic carbocycles. The molecular weight excluding hydrogens is 348 g/mol. The smallest absolute Gasteiger partial charge is 0.258 e. The maximum absolute atomic E-state index is 13.5. The van der Waals surface area contributed by atoms with Gasteiger partial charge >= 0.3 is 0 Å². The highest BCUT2D eigenvalue weighted by molar-refractivity contribution is 6.02. The molecule has 1 aliphatic heterocycles. The Morgan fingerprint density at radius 1 is 1.04 bits per heavy atom. The number of nitrogens with zero attached hydrogens (tertiary/aromatic N) is 1. The number of nitrogens with one attached hydrogen (secondary N) is 1. The Kier molecular flexibility index (Phi) is 5.97. The van der Waals surface area contributed by atoms with E-state index in [0.717, 1.165) is 35.4 Å². The molecule has 0 spiro atoms. The van der Waals surface area contributed by atoms with Crippen LogP contribution in [0.25, 0.3) is 0 Å². The van der Waals surface area contributed by atoms with Gasteiger partial charge in [-0.25, -0.2) is 0 Å². The van der Waals surface area contributed by atoms with Gasteiger partial charge in [0.15, 0.2) is 0 Å². The lowest BCUT2D eigenvalue weighted by atomic mass is 9.88. The van der Waals surface area contributed by atoms with E-state index in [1.54, 1.807) is 0 Å². The monoisotopic (exact) mass is 380 g/mol. The number of hydrogen-bond donors (Lipinski definition) is 1. The number of benzene rings is 2. The summed E-state index contributed by atoms with van der Waals surface area (Å²) in [6, 6.07) is 16.1. The molecule has 1 heterocycles. The van der Waals surface area contributed by atoms with E-state index < -0.39 is 5.66 Å². The first-order chi connectivity index (χ1) is 13.4. The third kappa shape index (κ3) is 3.60. The number of rotatable bonds is 7. The van der Waals surface area contributed by atoms with Gasteiger partial charge in [0.25, 0.3) is 5.91 Å². The van der Waals surface area contributed by atoms with Gasteiger partial charge in [-0.3, -0.25) is 4.79 Å². The number of amides is 1. The van der Waals surface area contributed by atoms with Gasteiger partial charge in [0.2, 0.25) is 0 Å². The second-order valence-electron chi connectivity index (χ2n) is 8.05. The Hall–Kier alpha value is -2.49. The van der Waals surface area contributed by atoms with Gasteiger partial charge in [-0.1, -0.05) is 52.0 Å². The molecule has 0 bridgehead atoms. The van der Waals surface area contributed by atoms with Crippen LogP contribution in [0.2, 0.25) is 0 Å². The minimum atomic E-state index is -0.572. The summed E-state index contributed by atoms with van der Waals surface area (Å²) in [4.78, 5) is 15.5. The fourth-order valence-electron chi connectivity index (χ4n) is 3.89. The van der Waals surface area contributed by atoms with Crippen molar-refractivity contribution < 1.29 is 9.53 Å². The van der Waals surface area contributed by atoms with Crippen LogP contribution in [0.5, 0.6) is 5.75 Å². The maximum Gasteiger partial charge on any atom is 0.258 e. The molecule has 150 valence electrons. The second-order valence-corrected chi connectivity index (χ2v) is 8.05. The van der Waals surface area contributed by atoms with Crippen molar-refractivity contribution in [2.24, 2.45) is 5.92 Å². The molecule has 0 saturated heterocycles. The van der Waals surface area contributed by atoms with E-state index in [-0.39, 0.29) is 11.9 Å². The minimum absolute atomic E-state index is 0.0886. The molecule has 28 heavy (non-hydrogen) atoms. The highest BCUT2D eigenvalue weighted by atomic mass is 16.5. The normalized spacial score (nSPS) is 19.9. The summed E-state index contributed by atoms with van der Waals surface area (Å²) in [6.45, 7) is 11.4. The summed E-state index contributed by atoms with van der Waals surface area (Å²) in [5, 5.41) is 3.71. The summed E-state index contributed by atoms with van der Waals surface area (Å²) in [5.41, 5.74) is 2.14. The van der Waals surface area contributed by atoms with Crippen molar-refractivity contribution in [3.05, 3.63) is 59.7 Å². The lowest BCUT2D eigenvalue weighted by molar-refractivity contribution is 0.0335. The van der Waals surface area contributed by atoms with Gasteiger partial charge in [0.1, 0.15) is 11.4 Å². The van der Waals surface area contributed by atoms with Gasteiger partial charge in [-0.05, 0) is 55.5 Å². The van der Waals surface area contributed by atoms with Crippen molar-refractivity contribution in [1.29, 1.82) is 0 Å². The molecular formula is C24H32N2O2. The molecule has 1 amide bonds. The first-order valence-electron chi connectivity index (χ1n) is 10.4. The van der Waals surface area contributed by atoms with Gasteiger partial charge in [0.05, 0.1) is 12.2 Å². The van der Waals surface area contributed by atoms with Crippen molar-refractivity contribution in [2.45, 2.75) is 59.2 Å². The van der Waals surface area contributed by atoms with Crippen molar-refractivity contribution in [3.63, 3.8) is 0 Å². The van der Waals surface area contributed by atoms with Crippen LogP contribution in [0, 0.1) is 5.92 Å². The van der Waals surface area contributed by atoms with Crippen LogP contribution in [0.3, 0.4) is 0 Å². The topological polar surface area (TPSA) is 41.6 Å². The van der Waals surface area contributed by atoms with Gasteiger partial charge in [0, 0.05) is 11.7 Å². The molecule has 1 aliphatic rings. The quantitative estimate of drug-likeness (QED) is 0.675. The largest absolute Gasteiger partial charge is 0.493 e. The molecule has 4 nitrogen and oxygen atoms in total. The van der Waals surface area contributed by atoms with E-state index in [1.165, 1.54) is 0 Å². The predicted octanol–water partition coefficient (Wildman–Crippen LogP) is 5.65. The Bertz CT molecular complexity index is 816. The van der Waals surface area contributed by atoms with Crippen LogP contribution >= 0.6 is 0 Å². The zero-order chi connectivity index (χ0) is 20.3.